The van der Waals surface area contributed by atoms with Gasteiger partial charge >= 0.3 is 0 Å². The zero-order valence-corrected chi connectivity index (χ0v) is 16.7. The van der Waals surface area contributed by atoms with Gasteiger partial charge in [-0.3, -0.25) is 9.63 Å². The Morgan fingerprint density at radius 3 is 2.86 bits per heavy atom. The highest BCUT2D eigenvalue weighted by Crippen LogP contribution is 2.30. The van der Waals surface area contributed by atoms with Crippen LogP contribution in [0.5, 0.6) is 0 Å². The number of hydrogen-bond donors (Lipinski definition) is 1. The molecule has 3 heterocycles. The first-order chi connectivity index (χ1) is 13.6. The van der Waals surface area contributed by atoms with Gasteiger partial charge in [-0.1, -0.05) is 0 Å². The largest absolute Gasteiger partial charge is 0.451 e. The Bertz CT molecular complexity index is 665. The van der Waals surface area contributed by atoms with Crippen LogP contribution in [-0.4, -0.2) is 66.4 Å². The summed E-state index contributed by atoms with van der Waals surface area (Å²) in [6.45, 7) is 6.54. The lowest BCUT2D eigenvalue weighted by Crippen LogP contribution is -2.44. The molecule has 0 aromatic carbocycles. The summed E-state index contributed by atoms with van der Waals surface area (Å²) >= 11 is 0. The second-order valence-corrected chi connectivity index (χ2v) is 8.04. The van der Waals surface area contributed by atoms with Gasteiger partial charge in [0.05, 0.1) is 25.5 Å². The van der Waals surface area contributed by atoms with Crippen molar-refractivity contribution in [3.63, 3.8) is 0 Å². The van der Waals surface area contributed by atoms with Gasteiger partial charge in [-0.2, -0.15) is 0 Å². The zero-order chi connectivity index (χ0) is 19.5. The van der Waals surface area contributed by atoms with E-state index >= 15 is 0 Å². The first-order valence-electron chi connectivity index (χ1n) is 10.3. The Hall–Kier alpha value is -1.90. The molecule has 2 fully saturated rings. The predicted octanol–water partition coefficient (Wildman–Crippen LogP) is 1.76. The minimum absolute atomic E-state index is 0.0234. The average molecular weight is 390 g/mol. The van der Waals surface area contributed by atoms with E-state index < -0.39 is 0 Å². The van der Waals surface area contributed by atoms with Gasteiger partial charge in [0.1, 0.15) is 5.71 Å². The fourth-order valence-electron chi connectivity index (χ4n) is 3.55. The molecule has 1 aliphatic carbocycles. The smallest absolute Gasteiger partial charge is 0.250 e. The Balaban J connectivity index is 1.20. The second-order valence-electron chi connectivity index (χ2n) is 8.04. The molecule has 4 rings (SSSR count). The number of nitrogens with zero attached hydrogens (tertiary/aromatic N) is 3. The van der Waals surface area contributed by atoms with Crippen LogP contribution in [0, 0.1) is 5.92 Å². The molecule has 1 unspecified atom stereocenters. The molecule has 28 heavy (non-hydrogen) atoms. The molecule has 1 amide bonds. The first-order valence-corrected chi connectivity index (χ1v) is 10.3. The summed E-state index contributed by atoms with van der Waals surface area (Å²) in [5.41, 5.74) is 0.874. The molecular weight excluding hydrogens is 360 g/mol. The van der Waals surface area contributed by atoms with Crippen molar-refractivity contribution in [1.29, 1.82) is 0 Å². The molecule has 0 aromatic rings. The number of ether oxygens (including phenoxy) is 2. The Kier molecular flexibility index (Phi) is 5.99. The van der Waals surface area contributed by atoms with E-state index in [2.05, 4.69) is 10.2 Å². The minimum atomic E-state index is -0.270. The predicted molar refractivity (Wildman–Crippen MR) is 104 cm³/mol. The van der Waals surface area contributed by atoms with Crippen LogP contribution < -0.4 is 5.32 Å². The molecule has 0 spiro atoms. The third-order valence-corrected chi connectivity index (χ3v) is 5.33. The third-order valence-electron chi connectivity index (χ3n) is 5.33. The molecule has 4 aliphatic rings. The van der Waals surface area contributed by atoms with E-state index in [4.69, 9.17) is 19.3 Å². The number of likely N-dealkylation sites (tertiary alicyclic amines) is 1. The summed E-state index contributed by atoms with van der Waals surface area (Å²) in [4.78, 5) is 23.8. The van der Waals surface area contributed by atoms with Crippen molar-refractivity contribution >= 4 is 11.6 Å². The lowest BCUT2D eigenvalue weighted by atomic mass is 10.1. The van der Waals surface area contributed by atoms with Crippen molar-refractivity contribution in [3.05, 3.63) is 24.2 Å². The highest BCUT2D eigenvalue weighted by Gasteiger charge is 2.33. The van der Waals surface area contributed by atoms with Crippen molar-refractivity contribution in [1.82, 2.24) is 15.3 Å². The maximum atomic E-state index is 11.1. The van der Waals surface area contributed by atoms with E-state index in [1.54, 1.807) is 5.06 Å². The van der Waals surface area contributed by atoms with E-state index in [1.807, 2.05) is 25.4 Å². The van der Waals surface area contributed by atoms with Gasteiger partial charge in [-0.05, 0) is 44.6 Å². The number of hydroxylamine groups is 2. The van der Waals surface area contributed by atoms with Crippen molar-refractivity contribution in [3.8, 4) is 0 Å². The van der Waals surface area contributed by atoms with Gasteiger partial charge in [-0.25, -0.2) is 15.0 Å². The molecule has 1 N–H and O–H groups in total. The van der Waals surface area contributed by atoms with Crippen LogP contribution in [0.4, 0.5) is 0 Å². The number of amides is 1. The van der Waals surface area contributed by atoms with E-state index in [0.29, 0.717) is 12.5 Å². The Morgan fingerprint density at radius 1 is 1.36 bits per heavy atom. The summed E-state index contributed by atoms with van der Waals surface area (Å²) in [6, 6.07) is 0.0343. The van der Waals surface area contributed by atoms with Crippen LogP contribution in [0.3, 0.4) is 0 Å². The standard InChI is InChI=1S/C20H30N4O4/c1-14(21-15(2)25)12-26-17-5-8-23(9-6-17)20-22-18-7-10-24(11-19(18)28-20)27-13-16-3-4-16/h7,10-11,14,16-17,20H,3-6,8-9,12-13H2,1-2H3,(H,21,25)/t14-,20?/m0/s1. The number of piperidine rings is 1. The van der Waals surface area contributed by atoms with Crippen LogP contribution >= 0.6 is 0 Å². The number of hydrogen-bond acceptors (Lipinski definition) is 7. The minimum Gasteiger partial charge on any atom is -0.451 e. The van der Waals surface area contributed by atoms with E-state index in [-0.39, 0.29) is 24.4 Å². The molecular formula is C20H30N4O4. The number of carbonyl (C=O) groups is 1. The number of fused-ring (bicyclic) bond motifs is 1. The van der Waals surface area contributed by atoms with Crippen LogP contribution in [0.15, 0.2) is 29.2 Å². The molecule has 2 atom stereocenters. The fourth-order valence-corrected chi connectivity index (χ4v) is 3.55. The molecule has 1 saturated heterocycles. The van der Waals surface area contributed by atoms with Gasteiger partial charge < -0.3 is 14.8 Å². The quantitative estimate of drug-likeness (QED) is 0.681. The monoisotopic (exact) mass is 390 g/mol. The summed E-state index contributed by atoms with van der Waals surface area (Å²) in [5.74, 6) is 1.46. The number of carbonyl (C=O) groups excluding carboxylic acids is 1. The molecule has 8 heteroatoms. The molecule has 1 saturated carbocycles. The Labute approximate surface area is 166 Å². The van der Waals surface area contributed by atoms with Crippen molar-refractivity contribution in [2.24, 2.45) is 10.9 Å². The molecule has 0 radical (unpaired) electrons. The first kappa shape index (κ1) is 19.4. The summed E-state index contributed by atoms with van der Waals surface area (Å²) < 4.78 is 12.0. The van der Waals surface area contributed by atoms with Crippen LogP contribution in [-0.2, 0) is 19.1 Å². The van der Waals surface area contributed by atoms with Crippen LogP contribution in [0.1, 0.15) is 39.5 Å². The highest BCUT2D eigenvalue weighted by molar-refractivity contribution is 6.08. The van der Waals surface area contributed by atoms with E-state index in [0.717, 1.165) is 44.0 Å². The van der Waals surface area contributed by atoms with Gasteiger partial charge in [0.25, 0.3) is 0 Å². The average Bonchev–Trinajstić information content (AvgIpc) is 3.41. The van der Waals surface area contributed by atoms with Crippen molar-refractivity contribution in [2.45, 2.75) is 58.0 Å². The maximum absolute atomic E-state index is 11.1. The molecule has 8 nitrogen and oxygen atoms in total. The van der Waals surface area contributed by atoms with Gasteiger partial charge in [0, 0.05) is 32.3 Å². The summed E-state index contributed by atoms with van der Waals surface area (Å²) in [6.07, 6.45) is 10.1. The van der Waals surface area contributed by atoms with Crippen molar-refractivity contribution < 1.29 is 19.1 Å². The Morgan fingerprint density at radius 2 is 2.14 bits per heavy atom. The maximum Gasteiger partial charge on any atom is 0.250 e. The SMILES string of the molecule is CC(=O)N[C@@H](C)COC1CCN(C2N=C3C=CN(OCC4CC4)C=C3O2)CC1. The highest BCUT2D eigenvalue weighted by atomic mass is 16.7. The summed E-state index contributed by atoms with van der Waals surface area (Å²) in [5, 5.41) is 4.57. The van der Waals surface area contributed by atoms with Crippen molar-refractivity contribution in [2.75, 3.05) is 26.3 Å². The molecule has 3 aliphatic heterocycles. The molecule has 154 valence electrons. The number of allylic oxidation sites excluding steroid dienone is 1. The second kappa shape index (κ2) is 8.63. The third kappa shape index (κ3) is 5.12. The summed E-state index contributed by atoms with van der Waals surface area (Å²) in [7, 11) is 0. The fraction of sp³-hybridized carbons (Fsp3) is 0.700. The van der Waals surface area contributed by atoms with E-state index in [1.165, 1.54) is 19.8 Å². The number of nitrogens with one attached hydrogen (secondary N) is 1. The van der Waals surface area contributed by atoms with Crippen LogP contribution in [0.25, 0.3) is 0 Å². The molecule has 0 bridgehead atoms. The van der Waals surface area contributed by atoms with E-state index in [9.17, 15) is 4.79 Å². The van der Waals surface area contributed by atoms with Crippen LogP contribution in [0.2, 0.25) is 0 Å². The lowest BCUT2D eigenvalue weighted by Gasteiger charge is -2.34. The molecule has 0 aromatic heterocycles. The van der Waals surface area contributed by atoms with Gasteiger partial charge in [0.15, 0.2) is 5.76 Å². The zero-order valence-electron chi connectivity index (χ0n) is 16.7. The topological polar surface area (TPSA) is 75.6 Å². The van der Waals surface area contributed by atoms with Gasteiger partial charge in [-0.15, -0.1) is 0 Å². The normalized spacial score (nSPS) is 26.4. The number of rotatable bonds is 8. The van der Waals surface area contributed by atoms with Gasteiger partial charge in [0.2, 0.25) is 12.3 Å². The lowest BCUT2D eigenvalue weighted by molar-refractivity contribution is -0.120. The number of aliphatic imine (C=N–C) groups is 1.